The average Bonchev–Trinajstić information content (AvgIpc) is 2.65. The standard InChI is InChI=1S/C9H7ClN2OS/c1-13-7-4-2-6(3-5-7)8-11-12-9(10)14-8/h2-5H,1H3. The number of nitrogens with zero attached hydrogens (tertiary/aromatic N) is 2. The predicted molar refractivity (Wildman–Crippen MR) is 56.9 cm³/mol. The molecule has 0 atom stereocenters. The van der Waals surface area contributed by atoms with Gasteiger partial charge in [-0.1, -0.05) is 11.3 Å². The van der Waals surface area contributed by atoms with E-state index < -0.39 is 0 Å². The zero-order valence-electron chi connectivity index (χ0n) is 7.40. The van der Waals surface area contributed by atoms with Gasteiger partial charge in [-0.2, -0.15) is 0 Å². The van der Waals surface area contributed by atoms with Crippen LogP contribution in [0.15, 0.2) is 24.3 Å². The molecule has 2 aromatic rings. The fourth-order valence-corrected chi connectivity index (χ4v) is 1.89. The quantitative estimate of drug-likeness (QED) is 0.790. The van der Waals surface area contributed by atoms with Crippen LogP contribution in [0.2, 0.25) is 4.47 Å². The van der Waals surface area contributed by atoms with Crippen molar-refractivity contribution in [1.29, 1.82) is 0 Å². The second-order valence-corrected chi connectivity index (χ2v) is 4.15. The van der Waals surface area contributed by atoms with E-state index in [-0.39, 0.29) is 0 Å². The van der Waals surface area contributed by atoms with E-state index in [0.717, 1.165) is 16.3 Å². The molecule has 0 N–H and O–H groups in total. The lowest BCUT2D eigenvalue weighted by atomic mass is 10.2. The maximum Gasteiger partial charge on any atom is 0.207 e. The first-order valence-electron chi connectivity index (χ1n) is 3.93. The van der Waals surface area contributed by atoms with Crippen molar-refractivity contribution in [3.05, 3.63) is 28.7 Å². The van der Waals surface area contributed by atoms with Gasteiger partial charge in [0.2, 0.25) is 4.47 Å². The first-order valence-corrected chi connectivity index (χ1v) is 5.12. The van der Waals surface area contributed by atoms with Crippen molar-refractivity contribution in [3.8, 4) is 16.3 Å². The summed E-state index contributed by atoms with van der Waals surface area (Å²) in [6.07, 6.45) is 0. The van der Waals surface area contributed by atoms with Crippen molar-refractivity contribution in [1.82, 2.24) is 10.2 Å². The molecule has 72 valence electrons. The molecule has 3 nitrogen and oxygen atoms in total. The zero-order valence-corrected chi connectivity index (χ0v) is 8.97. The Labute approximate surface area is 90.3 Å². The molecule has 2 rings (SSSR count). The summed E-state index contributed by atoms with van der Waals surface area (Å²) in [7, 11) is 1.64. The largest absolute Gasteiger partial charge is 0.497 e. The third-order valence-electron chi connectivity index (χ3n) is 1.74. The van der Waals surface area contributed by atoms with Crippen LogP contribution < -0.4 is 4.74 Å². The Morgan fingerprint density at radius 3 is 2.43 bits per heavy atom. The average molecular weight is 227 g/mol. The molecule has 0 spiro atoms. The molecule has 5 heteroatoms. The summed E-state index contributed by atoms with van der Waals surface area (Å²) in [4.78, 5) is 0. The molecule has 0 radical (unpaired) electrons. The maximum atomic E-state index is 5.69. The second-order valence-electron chi connectivity index (χ2n) is 2.59. The molecule has 0 aliphatic heterocycles. The van der Waals surface area contributed by atoms with Crippen LogP contribution >= 0.6 is 22.9 Å². The molecule has 1 aromatic carbocycles. The number of rotatable bonds is 2. The minimum atomic E-state index is 0.454. The van der Waals surface area contributed by atoms with Crippen molar-refractivity contribution >= 4 is 22.9 Å². The van der Waals surface area contributed by atoms with Crippen LogP contribution in [0.25, 0.3) is 10.6 Å². The van der Waals surface area contributed by atoms with E-state index in [1.807, 2.05) is 24.3 Å². The first kappa shape index (κ1) is 9.43. The summed E-state index contributed by atoms with van der Waals surface area (Å²) < 4.78 is 5.51. The lowest BCUT2D eigenvalue weighted by Crippen LogP contribution is -1.82. The van der Waals surface area contributed by atoms with E-state index in [1.165, 1.54) is 11.3 Å². The Kier molecular flexibility index (Phi) is 2.65. The Hall–Kier alpha value is -1.13. The maximum absolute atomic E-state index is 5.69. The van der Waals surface area contributed by atoms with Crippen LogP contribution in [0.1, 0.15) is 0 Å². The Bertz CT molecular complexity index is 427. The van der Waals surface area contributed by atoms with Crippen LogP contribution in [-0.4, -0.2) is 17.3 Å². The molecule has 0 bridgehead atoms. The number of hydrogen-bond donors (Lipinski definition) is 0. The highest BCUT2D eigenvalue weighted by molar-refractivity contribution is 7.18. The topological polar surface area (TPSA) is 35.0 Å². The summed E-state index contributed by atoms with van der Waals surface area (Å²) in [5.41, 5.74) is 0.996. The highest BCUT2D eigenvalue weighted by Crippen LogP contribution is 2.27. The van der Waals surface area contributed by atoms with E-state index in [0.29, 0.717) is 4.47 Å². The number of hydrogen-bond acceptors (Lipinski definition) is 4. The van der Waals surface area contributed by atoms with Crippen molar-refractivity contribution in [2.45, 2.75) is 0 Å². The molecule has 0 saturated heterocycles. The predicted octanol–water partition coefficient (Wildman–Crippen LogP) is 2.87. The molecule has 0 aliphatic rings. The first-order chi connectivity index (χ1) is 6.79. The van der Waals surface area contributed by atoms with Gasteiger partial charge in [-0.3, -0.25) is 0 Å². The molecule has 0 unspecified atom stereocenters. The lowest BCUT2D eigenvalue weighted by molar-refractivity contribution is 0.415. The second kappa shape index (κ2) is 3.94. The Morgan fingerprint density at radius 2 is 1.93 bits per heavy atom. The van der Waals surface area contributed by atoms with Crippen LogP contribution in [0, 0.1) is 0 Å². The summed E-state index contributed by atoms with van der Waals surface area (Å²) in [6, 6.07) is 7.61. The third-order valence-corrected chi connectivity index (χ3v) is 2.81. The summed E-state index contributed by atoms with van der Waals surface area (Å²) in [5.74, 6) is 0.823. The van der Waals surface area contributed by atoms with Crippen molar-refractivity contribution in [2.75, 3.05) is 7.11 Å². The zero-order chi connectivity index (χ0) is 9.97. The van der Waals surface area contributed by atoms with Crippen LogP contribution in [0.4, 0.5) is 0 Å². The van der Waals surface area contributed by atoms with E-state index in [1.54, 1.807) is 7.11 Å². The van der Waals surface area contributed by atoms with E-state index >= 15 is 0 Å². The number of methoxy groups -OCH3 is 1. The number of benzene rings is 1. The van der Waals surface area contributed by atoms with Crippen LogP contribution in [0.3, 0.4) is 0 Å². The van der Waals surface area contributed by atoms with Crippen LogP contribution in [-0.2, 0) is 0 Å². The van der Waals surface area contributed by atoms with Gasteiger partial charge in [-0.15, -0.1) is 10.2 Å². The Balaban J connectivity index is 2.33. The Morgan fingerprint density at radius 1 is 1.21 bits per heavy atom. The summed E-state index contributed by atoms with van der Waals surface area (Å²) >= 11 is 7.05. The SMILES string of the molecule is COc1ccc(-c2nnc(Cl)s2)cc1. The molecule has 1 aromatic heterocycles. The highest BCUT2D eigenvalue weighted by Gasteiger charge is 2.04. The van der Waals surface area contributed by atoms with Gasteiger partial charge in [0.15, 0.2) is 0 Å². The van der Waals surface area contributed by atoms with Crippen molar-refractivity contribution in [3.63, 3.8) is 0 Å². The fourth-order valence-electron chi connectivity index (χ4n) is 1.06. The van der Waals surface area contributed by atoms with Gasteiger partial charge in [-0.25, -0.2) is 0 Å². The molecule has 0 amide bonds. The minimum absolute atomic E-state index is 0.454. The van der Waals surface area contributed by atoms with Gasteiger partial charge in [0.05, 0.1) is 7.11 Å². The van der Waals surface area contributed by atoms with Crippen LogP contribution in [0.5, 0.6) is 5.75 Å². The summed E-state index contributed by atoms with van der Waals surface area (Å²) in [6.45, 7) is 0. The molecule has 0 fully saturated rings. The summed E-state index contributed by atoms with van der Waals surface area (Å²) in [5, 5.41) is 8.49. The lowest BCUT2D eigenvalue weighted by Gasteiger charge is -1.99. The van der Waals surface area contributed by atoms with E-state index in [9.17, 15) is 0 Å². The third kappa shape index (κ3) is 1.86. The van der Waals surface area contributed by atoms with E-state index in [4.69, 9.17) is 16.3 Å². The normalized spacial score (nSPS) is 10.1. The minimum Gasteiger partial charge on any atom is -0.497 e. The fraction of sp³-hybridized carbons (Fsp3) is 0.111. The molecular formula is C9H7ClN2OS. The highest BCUT2D eigenvalue weighted by atomic mass is 35.5. The van der Waals surface area contributed by atoms with Gasteiger partial charge in [0.1, 0.15) is 10.8 Å². The monoisotopic (exact) mass is 226 g/mol. The molecule has 1 heterocycles. The smallest absolute Gasteiger partial charge is 0.207 e. The number of aromatic nitrogens is 2. The number of ether oxygens (including phenoxy) is 1. The number of halogens is 1. The van der Waals surface area contributed by atoms with E-state index in [2.05, 4.69) is 10.2 Å². The van der Waals surface area contributed by atoms with Gasteiger partial charge in [-0.05, 0) is 35.9 Å². The molecule has 0 aliphatic carbocycles. The molecular weight excluding hydrogens is 220 g/mol. The molecule has 0 saturated carbocycles. The van der Waals surface area contributed by atoms with Gasteiger partial charge in [0.25, 0.3) is 0 Å². The van der Waals surface area contributed by atoms with Gasteiger partial charge in [0, 0.05) is 5.56 Å². The van der Waals surface area contributed by atoms with Crippen molar-refractivity contribution in [2.24, 2.45) is 0 Å². The van der Waals surface area contributed by atoms with Gasteiger partial charge >= 0.3 is 0 Å². The van der Waals surface area contributed by atoms with Gasteiger partial charge < -0.3 is 4.74 Å². The molecule has 14 heavy (non-hydrogen) atoms. The van der Waals surface area contributed by atoms with Crippen molar-refractivity contribution < 1.29 is 4.74 Å².